The van der Waals surface area contributed by atoms with Crippen molar-refractivity contribution in [1.29, 1.82) is 0 Å². The van der Waals surface area contributed by atoms with Crippen LogP contribution < -0.4 is 4.74 Å². The van der Waals surface area contributed by atoms with Gasteiger partial charge < -0.3 is 14.7 Å². The van der Waals surface area contributed by atoms with Gasteiger partial charge in [-0.25, -0.2) is 0 Å². The standard InChI is InChI=1S/C16H23NO4/c1-4-10-21-14-8-6-13(7-9-14)15(18)17(5-2)11-12(3)16(19)20/h6-9,12H,4-5,10-11H2,1-3H3,(H,19,20). The predicted molar refractivity (Wildman–Crippen MR) is 80.6 cm³/mol. The second-order valence-electron chi connectivity index (χ2n) is 4.96. The second-order valence-corrected chi connectivity index (χ2v) is 4.96. The third-order valence-corrected chi connectivity index (χ3v) is 3.16. The van der Waals surface area contributed by atoms with E-state index in [9.17, 15) is 9.59 Å². The van der Waals surface area contributed by atoms with Gasteiger partial charge in [0, 0.05) is 18.7 Å². The fourth-order valence-corrected chi connectivity index (χ4v) is 1.86. The molecular weight excluding hydrogens is 270 g/mol. The number of ether oxygens (including phenoxy) is 1. The Balaban J connectivity index is 2.73. The Bertz CT molecular complexity index is 470. The van der Waals surface area contributed by atoms with Crippen molar-refractivity contribution in [3.05, 3.63) is 29.8 Å². The second kappa shape index (κ2) is 8.29. The average molecular weight is 293 g/mol. The van der Waals surface area contributed by atoms with E-state index in [1.807, 2.05) is 13.8 Å². The van der Waals surface area contributed by atoms with Crippen LogP contribution in [0.1, 0.15) is 37.6 Å². The lowest BCUT2D eigenvalue weighted by molar-refractivity contribution is -0.141. The average Bonchev–Trinajstić information content (AvgIpc) is 2.50. The molecule has 1 aromatic rings. The summed E-state index contributed by atoms with van der Waals surface area (Å²) in [6, 6.07) is 6.94. The molecule has 0 bridgehead atoms. The van der Waals surface area contributed by atoms with Gasteiger partial charge in [0.1, 0.15) is 5.75 Å². The van der Waals surface area contributed by atoms with E-state index >= 15 is 0 Å². The molecule has 0 aliphatic carbocycles. The molecule has 1 aromatic carbocycles. The van der Waals surface area contributed by atoms with Gasteiger partial charge in [0.15, 0.2) is 0 Å². The Morgan fingerprint density at radius 3 is 2.33 bits per heavy atom. The first kappa shape index (κ1) is 17.0. The molecule has 0 saturated carbocycles. The fourth-order valence-electron chi connectivity index (χ4n) is 1.86. The summed E-state index contributed by atoms with van der Waals surface area (Å²) in [4.78, 5) is 24.8. The first-order valence-electron chi connectivity index (χ1n) is 7.24. The molecule has 1 N–H and O–H groups in total. The third kappa shape index (κ3) is 5.10. The number of hydrogen-bond acceptors (Lipinski definition) is 3. The highest BCUT2D eigenvalue weighted by Crippen LogP contribution is 2.15. The van der Waals surface area contributed by atoms with Gasteiger partial charge in [-0.05, 0) is 37.6 Å². The minimum Gasteiger partial charge on any atom is -0.494 e. The van der Waals surface area contributed by atoms with Gasteiger partial charge in [-0.1, -0.05) is 13.8 Å². The maximum absolute atomic E-state index is 12.4. The first-order chi connectivity index (χ1) is 9.99. The summed E-state index contributed by atoms with van der Waals surface area (Å²) in [7, 11) is 0. The first-order valence-corrected chi connectivity index (χ1v) is 7.24. The minimum absolute atomic E-state index is 0.160. The Morgan fingerprint density at radius 1 is 1.24 bits per heavy atom. The molecule has 0 aliphatic rings. The molecule has 1 unspecified atom stereocenters. The molecular formula is C16H23NO4. The maximum atomic E-state index is 12.4. The fraction of sp³-hybridized carbons (Fsp3) is 0.500. The van der Waals surface area contributed by atoms with E-state index < -0.39 is 11.9 Å². The highest BCUT2D eigenvalue weighted by molar-refractivity contribution is 5.94. The Labute approximate surface area is 125 Å². The summed E-state index contributed by atoms with van der Waals surface area (Å²) in [5, 5.41) is 8.94. The molecule has 0 fully saturated rings. The predicted octanol–water partition coefficient (Wildman–Crippen LogP) is 2.66. The molecule has 21 heavy (non-hydrogen) atoms. The lowest BCUT2D eigenvalue weighted by Gasteiger charge is -2.23. The summed E-state index contributed by atoms with van der Waals surface area (Å²) >= 11 is 0. The van der Waals surface area contributed by atoms with Crippen molar-refractivity contribution in [3.63, 3.8) is 0 Å². The van der Waals surface area contributed by atoms with Crippen LogP contribution >= 0.6 is 0 Å². The number of benzene rings is 1. The Morgan fingerprint density at radius 2 is 1.86 bits per heavy atom. The molecule has 0 aliphatic heterocycles. The van der Waals surface area contributed by atoms with Crippen LogP contribution in [0.2, 0.25) is 0 Å². The highest BCUT2D eigenvalue weighted by atomic mass is 16.5. The summed E-state index contributed by atoms with van der Waals surface area (Å²) in [5.41, 5.74) is 0.540. The molecule has 0 aromatic heterocycles. The molecule has 116 valence electrons. The molecule has 0 spiro atoms. The molecule has 5 heteroatoms. The quantitative estimate of drug-likeness (QED) is 0.800. The molecule has 5 nitrogen and oxygen atoms in total. The van der Waals surface area contributed by atoms with E-state index in [-0.39, 0.29) is 12.5 Å². The van der Waals surface area contributed by atoms with E-state index in [1.165, 1.54) is 0 Å². The van der Waals surface area contributed by atoms with Gasteiger partial charge in [0.05, 0.1) is 12.5 Å². The van der Waals surface area contributed by atoms with Crippen LogP contribution in [-0.2, 0) is 4.79 Å². The van der Waals surface area contributed by atoms with Gasteiger partial charge in [-0.2, -0.15) is 0 Å². The molecule has 0 radical (unpaired) electrons. The maximum Gasteiger partial charge on any atom is 0.308 e. The number of carboxylic acids is 1. The van der Waals surface area contributed by atoms with Crippen molar-refractivity contribution < 1.29 is 19.4 Å². The normalized spacial score (nSPS) is 11.8. The summed E-state index contributed by atoms with van der Waals surface area (Å²) in [6.45, 7) is 6.79. The smallest absolute Gasteiger partial charge is 0.308 e. The zero-order valence-corrected chi connectivity index (χ0v) is 12.8. The number of carbonyl (C=O) groups excluding carboxylic acids is 1. The van der Waals surface area contributed by atoms with E-state index in [2.05, 4.69) is 0 Å². The molecule has 1 amide bonds. The van der Waals surface area contributed by atoms with Crippen molar-refractivity contribution >= 4 is 11.9 Å². The van der Waals surface area contributed by atoms with Crippen LogP contribution in [0.25, 0.3) is 0 Å². The summed E-state index contributed by atoms with van der Waals surface area (Å²) in [6.07, 6.45) is 0.928. The van der Waals surface area contributed by atoms with Crippen LogP contribution in [0.5, 0.6) is 5.75 Å². The van der Waals surface area contributed by atoms with Gasteiger partial charge in [-0.15, -0.1) is 0 Å². The third-order valence-electron chi connectivity index (χ3n) is 3.16. The zero-order valence-electron chi connectivity index (χ0n) is 12.8. The van der Waals surface area contributed by atoms with E-state index in [1.54, 1.807) is 36.1 Å². The van der Waals surface area contributed by atoms with Crippen LogP contribution in [0.3, 0.4) is 0 Å². The SMILES string of the molecule is CCCOc1ccc(C(=O)N(CC)CC(C)C(=O)O)cc1. The zero-order chi connectivity index (χ0) is 15.8. The van der Waals surface area contributed by atoms with E-state index in [0.717, 1.165) is 12.2 Å². The largest absolute Gasteiger partial charge is 0.494 e. The molecule has 0 saturated heterocycles. The lowest BCUT2D eigenvalue weighted by atomic mass is 10.1. The van der Waals surface area contributed by atoms with Gasteiger partial charge >= 0.3 is 5.97 Å². The van der Waals surface area contributed by atoms with Gasteiger partial charge in [0.25, 0.3) is 5.91 Å². The number of carboxylic acid groups (broad SMARTS) is 1. The summed E-state index contributed by atoms with van der Waals surface area (Å²) in [5.74, 6) is -0.909. The topological polar surface area (TPSA) is 66.8 Å². The number of aliphatic carboxylic acids is 1. The Kier molecular flexibility index (Phi) is 6.72. The van der Waals surface area contributed by atoms with Crippen LogP contribution in [0.4, 0.5) is 0 Å². The molecule has 1 atom stereocenters. The Hall–Kier alpha value is -2.04. The van der Waals surface area contributed by atoms with Gasteiger partial charge in [-0.3, -0.25) is 9.59 Å². The number of amides is 1. The molecule has 0 heterocycles. The highest BCUT2D eigenvalue weighted by Gasteiger charge is 2.20. The minimum atomic E-state index is -0.899. The number of nitrogens with zero attached hydrogens (tertiary/aromatic N) is 1. The number of rotatable bonds is 8. The van der Waals surface area contributed by atoms with Crippen molar-refractivity contribution in [2.45, 2.75) is 27.2 Å². The number of carbonyl (C=O) groups is 2. The number of hydrogen-bond donors (Lipinski definition) is 1. The van der Waals surface area contributed by atoms with Gasteiger partial charge in [0.2, 0.25) is 0 Å². The van der Waals surface area contributed by atoms with E-state index in [4.69, 9.17) is 9.84 Å². The lowest BCUT2D eigenvalue weighted by Crippen LogP contribution is -2.36. The van der Waals surface area contributed by atoms with E-state index in [0.29, 0.717) is 18.7 Å². The van der Waals surface area contributed by atoms with Crippen molar-refractivity contribution in [2.24, 2.45) is 5.92 Å². The van der Waals surface area contributed by atoms with Crippen molar-refractivity contribution in [2.75, 3.05) is 19.7 Å². The summed E-state index contributed by atoms with van der Waals surface area (Å²) < 4.78 is 5.47. The van der Waals surface area contributed by atoms with Crippen LogP contribution in [-0.4, -0.2) is 41.6 Å². The van der Waals surface area contributed by atoms with Crippen molar-refractivity contribution in [3.8, 4) is 5.75 Å². The van der Waals surface area contributed by atoms with Crippen LogP contribution in [0.15, 0.2) is 24.3 Å². The van der Waals surface area contributed by atoms with Crippen molar-refractivity contribution in [1.82, 2.24) is 4.90 Å². The molecule has 1 rings (SSSR count). The monoisotopic (exact) mass is 293 g/mol. The van der Waals surface area contributed by atoms with Crippen LogP contribution in [0, 0.1) is 5.92 Å².